The van der Waals surface area contributed by atoms with Gasteiger partial charge in [-0.15, -0.1) is 11.3 Å². The van der Waals surface area contributed by atoms with Crippen LogP contribution in [0.25, 0.3) is 0 Å². The summed E-state index contributed by atoms with van der Waals surface area (Å²) >= 11 is 13.9. The van der Waals surface area contributed by atoms with E-state index < -0.39 is 0 Å². The summed E-state index contributed by atoms with van der Waals surface area (Å²) in [5.74, 6) is 0. The van der Waals surface area contributed by atoms with E-state index in [0.717, 1.165) is 20.8 Å². The van der Waals surface area contributed by atoms with Gasteiger partial charge in [-0.3, -0.25) is 0 Å². The zero-order valence-electron chi connectivity index (χ0n) is 12.2. The molecule has 1 N–H and O–H groups in total. The molecule has 2 aromatic rings. The number of hydrogen-bond donors (Lipinski definition) is 1. The Hall–Kier alpha value is -0.540. The van der Waals surface area contributed by atoms with Crippen LogP contribution in [-0.4, -0.2) is 6.54 Å². The summed E-state index contributed by atoms with van der Waals surface area (Å²) in [5.41, 5.74) is 6.22. The molecule has 0 aliphatic carbocycles. The molecule has 1 aromatic heterocycles. The standard InChI is InChI=1S/C16H19Cl2NS/c1-5-19-15(12-8-13(17)20-16(12)18)14-10(3)6-9(2)7-11(14)4/h6-8,15,19H,5H2,1-4H3. The molecule has 108 valence electrons. The van der Waals surface area contributed by atoms with E-state index in [2.05, 4.69) is 45.1 Å². The lowest BCUT2D eigenvalue weighted by atomic mass is 9.91. The molecule has 1 atom stereocenters. The first kappa shape index (κ1) is 15.8. The highest BCUT2D eigenvalue weighted by Gasteiger charge is 2.22. The maximum absolute atomic E-state index is 6.36. The summed E-state index contributed by atoms with van der Waals surface area (Å²) in [6.45, 7) is 9.42. The Kier molecular flexibility index (Phi) is 5.14. The van der Waals surface area contributed by atoms with Gasteiger partial charge in [0.25, 0.3) is 0 Å². The Labute approximate surface area is 134 Å². The highest BCUT2D eigenvalue weighted by molar-refractivity contribution is 7.20. The highest BCUT2D eigenvalue weighted by Crippen LogP contribution is 2.39. The number of thiophene rings is 1. The van der Waals surface area contributed by atoms with Crippen molar-refractivity contribution < 1.29 is 0 Å². The normalized spacial score (nSPS) is 12.7. The first-order valence-electron chi connectivity index (χ1n) is 6.69. The first-order valence-corrected chi connectivity index (χ1v) is 8.27. The Bertz CT molecular complexity index is 596. The van der Waals surface area contributed by atoms with Crippen LogP contribution in [0, 0.1) is 20.8 Å². The van der Waals surface area contributed by atoms with Gasteiger partial charge < -0.3 is 5.32 Å². The van der Waals surface area contributed by atoms with Gasteiger partial charge in [-0.25, -0.2) is 0 Å². The summed E-state index contributed by atoms with van der Waals surface area (Å²) < 4.78 is 1.50. The molecule has 20 heavy (non-hydrogen) atoms. The van der Waals surface area contributed by atoms with E-state index in [1.165, 1.54) is 33.6 Å². The summed E-state index contributed by atoms with van der Waals surface area (Å²) in [6, 6.07) is 6.50. The molecule has 1 aromatic carbocycles. The van der Waals surface area contributed by atoms with Crippen LogP contribution in [0.4, 0.5) is 0 Å². The Morgan fingerprint density at radius 3 is 2.15 bits per heavy atom. The van der Waals surface area contributed by atoms with Crippen LogP contribution in [-0.2, 0) is 0 Å². The van der Waals surface area contributed by atoms with Crippen LogP contribution in [0.3, 0.4) is 0 Å². The molecular formula is C16H19Cl2NS. The molecule has 0 radical (unpaired) electrons. The topological polar surface area (TPSA) is 12.0 Å². The highest BCUT2D eigenvalue weighted by atomic mass is 35.5. The molecule has 1 heterocycles. The number of nitrogens with one attached hydrogen (secondary N) is 1. The molecule has 0 spiro atoms. The smallest absolute Gasteiger partial charge is 0.0995 e. The Balaban J connectivity index is 2.57. The average Bonchev–Trinajstić information content (AvgIpc) is 2.66. The van der Waals surface area contributed by atoms with Crippen molar-refractivity contribution in [1.29, 1.82) is 0 Å². The lowest BCUT2D eigenvalue weighted by Crippen LogP contribution is -2.23. The molecule has 0 aliphatic heterocycles. The maximum atomic E-state index is 6.36. The van der Waals surface area contributed by atoms with Gasteiger partial charge in [0.1, 0.15) is 0 Å². The largest absolute Gasteiger partial charge is 0.306 e. The third-order valence-corrected chi connectivity index (χ3v) is 4.95. The van der Waals surface area contributed by atoms with Gasteiger partial charge in [0.15, 0.2) is 0 Å². The number of aryl methyl sites for hydroxylation is 3. The van der Waals surface area contributed by atoms with Crippen molar-refractivity contribution in [2.45, 2.75) is 33.7 Å². The Morgan fingerprint density at radius 2 is 1.70 bits per heavy atom. The molecule has 0 saturated carbocycles. The van der Waals surface area contributed by atoms with Crippen molar-refractivity contribution in [2.75, 3.05) is 6.54 Å². The fourth-order valence-corrected chi connectivity index (χ4v) is 4.30. The summed E-state index contributed by atoms with van der Waals surface area (Å²) in [4.78, 5) is 0. The summed E-state index contributed by atoms with van der Waals surface area (Å²) in [7, 11) is 0. The SMILES string of the molecule is CCNC(c1cc(Cl)sc1Cl)c1c(C)cc(C)cc1C. The first-order chi connectivity index (χ1) is 9.43. The zero-order chi connectivity index (χ0) is 14.9. The molecule has 0 bridgehead atoms. The van der Waals surface area contributed by atoms with Crippen LogP contribution in [0.15, 0.2) is 18.2 Å². The summed E-state index contributed by atoms with van der Waals surface area (Å²) in [6.07, 6.45) is 0. The van der Waals surface area contributed by atoms with Gasteiger partial charge in [-0.05, 0) is 50.1 Å². The quantitative estimate of drug-likeness (QED) is 0.761. The minimum absolute atomic E-state index is 0.0943. The zero-order valence-corrected chi connectivity index (χ0v) is 14.5. The van der Waals surface area contributed by atoms with Crippen LogP contribution >= 0.6 is 34.5 Å². The molecule has 2 rings (SSSR count). The van der Waals surface area contributed by atoms with Crippen molar-refractivity contribution in [3.8, 4) is 0 Å². The fraction of sp³-hybridized carbons (Fsp3) is 0.375. The monoisotopic (exact) mass is 327 g/mol. The van der Waals surface area contributed by atoms with Crippen molar-refractivity contribution in [2.24, 2.45) is 0 Å². The number of hydrogen-bond acceptors (Lipinski definition) is 2. The van der Waals surface area contributed by atoms with Crippen LogP contribution in [0.2, 0.25) is 8.67 Å². The molecular weight excluding hydrogens is 309 g/mol. The van der Waals surface area contributed by atoms with E-state index in [1.807, 2.05) is 6.07 Å². The van der Waals surface area contributed by atoms with Gasteiger partial charge in [-0.2, -0.15) is 0 Å². The van der Waals surface area contributed by atoms with Crippen molar-refractivity contribution in [1.82, 2.24) is 5.32 Å². The fourth-order valence-electron chi connectivity index (χ4n) is 2.77. The molecule has 0 amide bonds. The van der Waals surface area contributed by atoms with E-state index in [-0.39, 0.29) is 6.04 Å². The second kappa shape index (κ2) is 6.48. The Morgan fingerprint density at radius 1 is 1.10 bits per heavy atom. The van der Waals surface area contributed by atoms with Crippen LogP contribution in [0.5, 0.6) is 0 Å². The molecule has 4 heteroatoms. The van der Waals surface area contributed by atoms with Gasteiger partial charge in [0, 0.05) is 5.56 Å². The third kappa shape index (κ3) is 3.20. The van der Waals surface area contributed by atoms with Crippen molar-refractivity contribution >= 4 is 34.5 Å². The second-order valence-corrected chi connectivity index (χ2v) is 7.37. The van der Waals surface area contributed by atoms with Crippen LogP contribution in [0.1, 0.15) is 40.8 Å². The molecule has 0 saturated heterocycles. The second-order valence-electron chi connectivity index (χ2n) is 5.08. The van der Waals surface area contributed by atoms with Crippen molar-refractivity contribution in [3.63, 3.8) is 0 Å². The van der Waals surface area contributed by atoms with Gasteiger partial charge in [-0.1, -0.05) is 47.8 Å². The number of halogens is 2. The van der Waals surface area contributed by atoms with Gasteiger partial charge >= 0.3 is 0 Å². The van der Waals surface area contributed by atoms with Crippen LogP contribution < -0.4 is 5.32 Å². The van der Waals surface area contributed by atoms with E-state index in [1.54, 1.807) is 0 Å². The van der Waals surface area contributed by atoms with E-state index in [4.69, 9.17) is 23.2 Å². The van der Waals surface area contributed by atoms with E-state index in [9.17, 15) is 0 Å². The molecule has 1 nitrogen and oxygen atoms in total. The maximum Gasteiger partial charge on any atom is 0.0995 e. The van der Waals surface area contributed by atoms with E-state index >= 15 is 0 Å². The number of rotatable bonds is 4. The summed E-state index contributed by atoms with van der Waals surface area (Å²) in [5, 5.41) is 3.53. The predicted molar refractivity (Wildman–Crippen MR) is 90.5 cm³/mol. The minimum atomic E-state index is 0.0943. The predicted octanol–water partition coefficient (Wildman–Crippen LogP) is 5.68. The molecule has 0 fully saturated rings. The van der Waals surface area contributed by atoms with Gasteiger partial charge in [0.2, 0.25) is 0 Å². The average molecular weight is 328 g/mol. The van der Waals surface area contributed by atoms with Crippen molar-refractivity contribution in [3.05, 3.63) is 54.7 Å². The minimum Gasteiger partial charge on any atom is -0.306 e. The third-order valence-electron chi connectivity index (χ3n) is 3.43. The molecule has 1 unspecified atom stereocenters. The van der Waals surface area contributed by atoms with E-state index in [0.29, 0.717) is 0 Å². The van der Waals surface area contributed by atoms with Gasteiger partial charge in [0.05, 0.1) is 14.7 Å². The molecule has 0 aliphatic rings. The lowest BCUT2D eigenvalue weighted by molar-refractivity contribution is 0.626. The lowest BCUT2D eigenvalue weighted by Gasteiger charge is -2.23. The number of benzene rings is 1.